The summed E-state index contributed by atoms with van der Waals surface area (Å²) in [6.45, 7) is 2.07. The minimum Gasteiger partial charge on any atom is -0.388 e. The first-order chi connectivity index (χ1) is 7.66. The summed E-state index contributed by atoms with van der Waals surface area (Å²) in [6, 6.07) is 10.2. The van der Waals surface area contributed by atoms with Gasteiger partial charge in [-0.2, -0.15) is 0 Å². The predicted molar refractivity (Wildman–Crippen MR) is 71.9 cm³/mol. The van der Waals surface area contributed by atoms with Crippen LogP contribution in [-0.2, 0) is 6.42 Å². The summed E-state index contributed by atoms with van der Waals surface area (Å²) in [6.07, 6.45) is 0.263. The van der Waals surface area contributed by atoms with Crippen molar-refractivity contribution in [3.05, 3.63) is 56.2 Å². The van der Waals surface area contributed by atoms with Gasteiger partial charge in [0.1, 0.15) is 0 Å². The van der Waals surface area contributed by atoms with E-state index in [1.807, 2.05) is 23.6 Å². The van der Waals surface area contributed by atoms with Crippen molar-refractivity contribution in [2.24, 2.45) is 0 Å². The quantitative estimate of drug-likeness (QED) is 0.904. The van der Waals surface area contributed by atoms with Crippen LogP contribution in [0.5, 0.6) is 0 Å². The van der Waals surface area contributed by atoms with Crippen LogP contribution in [0.25, 0.3) is 0 Å². The first kappa shape index (κ1) is 11.8. The van der Waals surface area contributed by atoms with Crippen molar-refractivity contribution in [1.82, 2.24) is 0 Å². The lowest BCUT2D eigenvalue weighted by atomic mass is 10.00. The van der Waals surface area contributed by atoms with Crippen LogP contribution in [0.2, 0.25) is 0 Å². The van der Waals surface area contributed by atoms with Gasteiger partial charge >= 0.3 is 0 Å². The van der Waals surface area contributed by atoms with Crippen molar-refractivity contribution in [3.8, 4) is 0 Å². The Bertz CT molecular complexity index is 478. The SMILES string of the molecule is Cc1ccccc1CC(O)c1csc(Br)c1. The molecule has 0 radical (unpaired) electrons. The van der Waals surface area contributed by atoms with Crippen LogP contribution < -0.4 is 0 Å². The van der Waals surface area contributed by atoms with Crippen LogP contribution in [0.4, 0.5) is 0 Å². The predicted octanol–water partition coefficient (Wildman–Crippen LogP) is 4.10. The van der Waals surface area contributed by atoms with Crippen molar-refractivity contribution < 1.29 is 5.11 Å². The molecule has 1 atom stereocenters. The van der Waals surface area contributed by atoms with Crippen LogP contribution in [0.15, 0.2) is 39.5 Å². The molecule has 3 heteroatoms. The third-order valence-corrected chi connectivity index (χ3v) is 4.17. The fourth-order valence-corrected chi connectivity index (χ4v) is 2.89. The zero-order valence-electron chi connectivity index (χ0n) is 8.98. The van der Waals surface area contributed by atoms with Gasteiger partial charge in [0.25, 0.3) is 0 Å². The Hall–Kier alpha value is -0.640. The number of aliphatic hydroxyl groups excluding tert-OH is 1. The Morgan fingerprint density at radius 1 is 1.38 bits per heavy atom. The number of benzene rings is 1. The number of halogens is 1. The normalized spacial score (nSPS) is 12.7. The molecular weight excluding hydrogens is 284 g/mol. The van der Waals surface area contributed by atoms with Crippen molar-refractivity contribution in [2.75, 3.05) is 0 Å². The molecule has 1 nitrogen and oxygen atoms in total. The van der Waals surface area contributed by atoms with E-state index in [-0.39, 0.29) is 0 Å². The molecule has 16 heavy (non-hydrogen) atoms. The molecule has 1 aromatic carbocycles. The second-order valence-corrected chi connectivity index (χ2v) is 6.12. The van der Waals surface area contributed by atoms with Gasteiger partial charge in [0.2, 0.25) is 0 Å². The van der Waals surface area contributed by atoms with E-state index < -0.39 is 6.10 Å². The van der Waals surface area contributed by atoms with Gasteiger partial charge in [0, 0.05) is 6.42 Å². The lowest BCUT2D eigenvalue weighted by Crippen LogP contribution is -2.01. The standard InChI is InChI=1S/C13H13BrOS/c1-9-4-2-3-5-10(9)6-12(15)11-7-13(14)16-8-11/h2-5,7-8,12,15H,6H2,1H3. The molecule has 1 aromatic heterocycles. The lowest BCUT2D eigenvalue weighted by molar-refractivity contribution is 0.178. The maximum Gasteiger partial charge on any atom is 0.0838 e. The summed E-state index contributed by atoms with van der Waals surface area (Å²) in [4.78, 5) is 0. The molecule has 1 unspecified atom stereocenters. The molecule has 2 aromatic rings. The summed E-state index contributed by atoms with van der Waals surface area (Å²) in [5.74, 6) is 0. The molecule has 84 valence electrons. The van der Waals surface area contributed by atoms with Crippen molar-refractivity contribution in [1.29, 1.82) is 0 Å². The van der Waals surface area contributed by atoms with Crippen molar-refractivity contribution in [2.45, 2.75) is 19.4 Å². The van der Waals surface area contributed by atoms with Gasteiger partial charge in [-0.1, -0.05) is 24.3 Å². The van der Waals surface area contributed by atoms with Gasteiger partial charge in [-0.15, -0.1) is 11.3 Å². The van der Waals surface area contributed by atoms with E-state index in [4.69, 9.17) is 0 Å². The van der Waals surface area contributed by atoms with E-state index in [0.717, 1.165) is 9.35 Å². The van der Waals surface area contributed by atoms with Gasteiger partial charge in [-0.05, 0) is 51.0 Å². The van der Waals surface area contributed by atoms with E-state index in [9.17, 15) is 5.11 Å². The molecule has 1 heterocycles. The fraction of sp³-hybridized carbons (Fsp3) is 0.231. The average molecular weight is 297 g/mol. The molecule has 0 aliphatic carbocycles. The molecular formula is C13H13BrOS. The number of hydrogen-bond acceptors (Lipinski definition) is 2. The molecule has 0 amide bonds. The van der Waals surface area contributed by atoms with Gasteiger partial charge in [0.15, 0.2) is 0 Å². The van der Waals surface area contributed by atoms with Gasteiger partial charge in [0.05, 0.1) is 9.89 Å². The molecule has 0 spiro atoms. The van der Waals surface area contributed by atoms with Crippen LogP contribution in [0.3, 0.4) is 0 Å². The minimum atomic E-state index is -0.413. The Morgan fingerprint density at radius 2 is 2.12 bits per heavy atom. The number of hydrogen-bond donors (Lipinski definition) is 1. The highest BCUT2D eigenvalue weighted by molar-refractivity contribution is 9.11. The summed E-state index contributed by atoms with van der Waals surface area (Å²) in [7, 11) is 0. The molecule has 0 saturated heterocycles. The van der Waals surface area contributed by atoms with E-state index in [0.29, 0.717) is 6.42 Å². The number of thiophene rings is 1. The molecule has 0 saturated carbocycles. The van der Waals surface area contributed by atoms with Crippen LogP contribution in [0, 0.1) is 6.92 Å². The Kier molecular flexibility index (Phi) is 3.79. The summed E-state index contributed by atoms with van der Waals surface area (Å²) < 4.78 is 1.06. The van der Waals surface area contributed by atoms with Crippen molar-refractivity contribution in [3.63, 3.8) is 0 Å². The summed E-state index contributed by atoms with van der Waals surface area (Å²) >= 11 is 5.01. The zero-order valence-corrected chi connectivity index (χ0v) is 11.4. The second kappa shape index (κ2) is 5.13. The van der Waals surface area contributed by atoms with Gasteiger partial charge in [-0.25, -0.2) is 0 Å². The lowest BCUT2D eigenvalue weighted by Gasteiger charge is -2.10. The second-order valence-electron chi connectivity index (χ2n) is 3.83. The van der Waals surface area contributed by atoms with E-state index in [1.165, 1.54) is 11.1 Å². The molecule has 0 aliphatic rings. The number of aliphatic hydroxyl groups is 1. The number of aryl methyl sites for hydroxylation is 1. The van der Waals surface area contributed by atoms with E-state index in [1.54, 1.807) is 11.3 Å². The molecule has 2 rings (SSSR count). The summed E-state index contributed by atoms with van der Waals surface area (Å²) in [5, 5.41) is 12.1. The van der Waals surface area contributed by atoms with E-state index >= 15 is 0 Å². The van der Waals surface area contributed by atoms with Crippen LogP contribution >= 0.6 is 27.3 Å². The smallest absolute Gasteiger partial charge is 0.0838 e. The monoisotopic (exact) mass is 296 g/mol. The van der Waals surface area contributed by atoms with E-state index in [2.05, 4.69) is 35.0 Å². The zero-order chi connectivity index (χ0) is 11.5. The topological polar surface area (TPSA) is 20.2 Å². The molecule has 0 bridgehead atoms. The third-order valence-electron chi connectivity index (χ3n) is 2.65. The molecule has 0 fully saturated rings. The largest absolute Gasteiger partial charge is 0.388 e. The first-order valence-electron chi connectivity index (χ1n) is 5.13. The summed E-state index contributed by atoms with van der Waals surface area (Å²) in [5.41, 5.74) is 3.42. The highest BCUT2D eigenvalue weighted by Gasteiger charge is 2.11. The average Bonchev–Trinajstić information content (AvgIpc) is 2.68. The minimum absolute atomic E-state index is 0.413. The Labute approximate surface area is 108 Å². The van der Waals surface area contributed by atoms with Crippen molar-refractivity contribution >= 4 is 27.3 Å². The number of rotatable bonds is 3. The Morgan fingerprint density at radius 3 is 2.75 bits per heavy atom. The third kappa shape index (κ3) is 2.73. The molecule has 1 N–H and O–H groups in total. The van der Waals surface area contributed by atoms with Gasteiger partial charge < -0.3 is 5.11 Å². The maximum atomic E-state index is 10.1. The van der Waals surface area contributed by atoms with Crippen LogP contribution in [0.1, 0.15) is 22.8 Å². The molecule has 0 aliphatic heterocycles. The highest BCUT2D eigenvalue weighted by Crippen LogP contribution is 2.27. The fourth-order valence-electron chi connectivity index (χ4n) is 1.66. The Balaban J connectivity index is 2.13. The van der Waals surface area contributed by atoms with Crippen LogP contribution in [-0.4, -0.2) is 5.11 Å². The van der Waals surface area contributed by atoms with Gasteiger partial charge in [-0.3, -0.25) is 0 Å². The maximum absolute atomic E-state index is 10.1. The first-order valence-corrected chi connectivity index (χ1v) is 6.80. The highest BCUT2D eigenvalue weighted by atomic mass is 79.9.